The van der Waals surface area contributed by atoms with Crippen LogP contribution in [0.1, 0.15) is 18.4 Å². The molecule has 1 amide bonds. The fourth-order valence-electron chi connectivity index (χ4n) is 1.90. The van der Waals surface area contributed by atoms with E-state index in [0.29, 0.717) is 19.4 Å². The van der Waals surface area contributed by atoms with E-state index < -0.39 is 0 Å². The molecule has 0 aliphatic rings. The molecule has 0 aromatic carbocycles. The fourth-order valence-corrected chi connectivity index (χ4v) is 1.90. The van der Waals surface area contributed by atoms with Gasteiger partial charge in [-0.1, -0.05) is 12.1 Å². The van der Waals surface area contributed by atoms with Crippen molar-refractivity contribution in [3.05, 3.63) is 48.9 Å². The molecule has 0 saturated carbocycles. The summed E-state index contributed by atoms with van der Waals surface area (Å²) >= 11 is 0. The molecule has 0 bridgehead atoms. The van der Waals surface area contributed by atoms with Gasteiger partial charge in [0.15, 0.2) is 0 Å². The lowest BCUT2D eigenvalue weighted by Gasteiger charge is -2.08. The van der Waals surface area contributed by atoms with E-state index in [1.165, 1.54) is 0 Å². The number of hydrogen-bond donors (Lipinski definition) is 1. The van der Waals surface area contributed by atoms with Gasteiger partial charge in [0.1, 0.15) is 0 Å². The number of amides is 1. The second kappa shape index (κ2) is 6.65. The maximum absolute atomic E-state index is 11.6. The van der Waals surface area contributed by atoms with Gasteiger partial charge >= 0.3 is 0 Å². The van der Waals surface area contributed by atoms with Crippen molar-refractivity contribution in [2.75, 3.05) is 0 Å². The molecule has 0 fully saturated rings. The van der Waals surface area contributed by atoms with Crippen molar-refractivity contribution < 1.29 is 4.79 Å². The molecule has 5 heteroatoms. The van der Waals surface area contributed by atoms with E-state index in [4.69, 9.17) is 0 Å². The van der Waals surface area contributed by atoms with E-state index in [9.17, 15) is 4.79 Å². The van der Waals surface area contributed by atoms with Gasteiger partial charge in [0.05, 0.1) is 11.9 Å². The molecule has 20 heavy (non-hydrogen) atoms. The SMILES string of the molecule is C=CCCC(=O)NCc1cccnc1-c1cnn(C)c1. The van der Waals surface area contributed by atoms with Crippen molar-refractivity contribution in [2.24, 2.45) is 7.05 Å². The van der Waals surface area contributed by atoms with E-state index >= 15 is 0 Å². The van der Waals surface area contributed by atoms with Crippen molar-refractivity contribution in [2.45, 2.75) is 19.4 Å². The van der Waals surface area contributed by atoms with Crippen molar-refractivity contribution in [1.82, 2.24) is 20.1 Å². The van der Waals surface area contributed by atoms with Gasteiger partial charge in [0.2, 0.25) is 5.91 Å². The van der Waals surface area contributed by atoms with Crippen molar-refractivity contribution >= 4 is 5.91 Å². The summed E-state index contributed by atoms with van der Waals surface area (Å²) in [4.78, 5) is 16.0. The molecule has 0 spiro atoms. The second-order valence-electron chi connectivity index (χ2n) is 4.52. The third-order valence-corrected chi connectivity index (χ3v) is 2.92. The zero-order valence-electron chi connectivity index (χ0n) is 11.5. The lowest BCUT2D eigenvalue weighted by molar-refractivity contribution is -0.121. The van der Waals surface area contributed by atoms with Gasteiger partial charge < -0.3 is 5.32 Å². The summed E-state index contributed by atoms with van der Waals surface area (Å²) in [6.07, 6.45) is 8.31. The van der Waals surface area contributed by atoms with Crippen LogP contribution in [0.5, 0.6) is 0 Å². The fraction of sp³-hybridized carbons (Fsp3) is 0.267. The highest BCUT2D eigenvalue weighted by Crippen LogP contribution is 2.20. The first-order valence-electron chi connectivity index (χ1n) is 6.51. The van der Waals surface area contributed by atoms with Gasteiger partial charge in [0, 0.05) is 38.0 Å². The summed E-state index contributed by atoms with van der Waals surface area (Å²) in [6.45, 7) is 4.07. The maximum atomic E-state index is 11.6. The molecule has 0 aliphatic heterocycles. The van der Waals surface area contributed by atoms with E-state index in [2.05, 4.69) is 22.0 Å². The van der Waals surface area contributed by atoms with Crippen LogP contribution in [0.2, 0.25) is 0 Å². The van der Waals surface area contributed by atoms with Crippen LogP contribution in [0.25, 0.3) is 11.3 Å². The van der Waals surface area contributed by atoms with Gasteiger partial charge in [0.25, 0.3) is 0 Å². The Hall–Kier alpha value is -2.43. The minimum atomic E-state index is 0.0193. The van der Waals surface area contributed by atoms with Gasteiger partial charge in [-0.25, -0.2) is 0 Å². The number of aryl methyl sites for hydroxylation is 1. The molecular formula is C15H18N4O. The topological polar surface area (TPSA) is 59.8 Å². The number of aromatic nitrogens is 3. The highest BCUT2D eigenvalue weighted by atomic mass is 16.1. The average Bonchev–Trinajstić information content (AvgIpc) is 2.89. The molecule has 5 nitrogen and oxygen atoms in total. The molecule has 2 aromatic rings. The maximum Gasteiger partial charge on any atom is 0.220 e. The van der Waals surface area contributed by atoms with Crippen LogP contribution in [-0.4, -0.2) is 20.7 Å². The first kappa shape index (κ1) is 14.0. The number of hydrogen-bond acceptors (Lipinski definition) is 3. The molecule has 0 unspecified atom stereocenters. The van der Waals surface area contributed by atoms with Crippen LogP contribution in [0.4, 0.5) is 0 Å². The van der Waals surface area contributed by atoms with Crippen LogP contribution in [0.15, 0.2) is 43.4 Å². The Kier molecular flexibility index (Phi) is 4.65. The Balaban J connectivity index is 2.08. The monoisotopic (exact) mass is 270 g/mol. The summed E-state index contributed by atoms with van der Waals surface area (Å²) in [5.41, 5.74) is 2.78. The lowest BCUT2D eigenvalue weighted by atomic mass is 10.1. The van der Waals surface area contributed by atoms with E-state index in [-0.39, 0.29) is 5.91 Å². The molecule has 2 rings (SSSR count). The number of rotatable bonds is 6. The smallest absolute Gasteiger partial charge is 0.220 e. The highest BCUT2D eigenvalue weighted by molar-refractivity contribution is 5.76. The molecule has 2 aromatic heterocycles. The zero-order valence-corrected chi connectivity index (χ0v) is 11.5. The first-order valence-corrected chi connectivity index (χ1v) is 6.51. The molecule has 0 atom stereocenters. The van der Waals surface area contributed by atoms with Crippen LogP contribution in [0.3, 0.4) is 0 Å². The molecule has 104 valence electrons. The van der Waals surface area contributed by atoms with Crippen molar-refractivity contribution in [3.63, 3.8) is 0 Å². The standard InChI is InChI=1S/C15H18N4O/c1-3-4-7-14(20)17-9-12-6-5-8-16-15(12)13-10-18-19(2)11-13/h3,5-6,8,10-11H,1,4,7,9H2,2H3,(H,17,20). The minimum Gasteiger partial charge on any atom is -0.352 e. The number of pyridine rings is 1. The van der Waals surface area contributed by atoms with Gasteiger partial charge in [-0.3, -0.25) is 14.5 Å². The molecule has 0 aliphatic carbocycles. The zero-order chi connectivity index (χ0) is 14.4. The Morgan fingerprint density at radius 3 is 3.10 bits per heavy atom. The van der Waals surface area contributed by atoms with Crippen LogP contribution in [0, 0.1) is 0 Å². The molecule has 0 radical (unpaired) electrons. The normalized spacial score (nSPS) is 10.2. The van der Waals surface area contributed by atoms with Gasteiger partial charge in [-0.05, 0) is 18.1 Å². The van der Waals surface area contributed by atoms with Crippen LogP contribution >= 0.6 is 0 Å². The lowest BCUT2D eigenvalue weighted by Crippen LogP contribution is -2.22. The van der Waals surface area contributed by atoms with Crippen LogP contribution in [-0.2, 0) is 18.4 Å². The highest BCUT2D eigenvalue weighted by Gasteiger charge is 2.09. The Morgan fingerprint density at radius 1 is 1.55 bits per heavy atom. The largest absolute Gasteiger partial charge is 0.352 e. The van der Waals surface area contributed by atoms with E-state index in [0.717, 1.165) is 16.8 Å². The van der Waals surface area contributed by atoms with Crippen molar-refractivity contribution in [3.8, 4) is 11.3 Å². The van der Waals surface area contributed by atoms with Gasteiger partial charge in [-0.15, -0.1) is 6.58 Å². The first-order chi connectivity index (χ1) is 9.70. The third kappa shape index (κ3) is 3.54. The molecule has 2 heterocycles. The third-order valence-electron chi connectivity index (χ3n) is 2.92. The summed E-state index contributed by atoms with van der Waals surface area (Å²) in [7, 11) is 1.86. The summed E-state index contributed by atoms with van der Waals surface area (Å²) < 4.78 is 1.73. The second-order valence-corrected chi connectivity index (χ2v) is 4.52. The summed E-state index contributed by atoms with van der Waals surface area (Å²) in [5, 5.41) is 7.04. The summed E-state index contributed by atoms with van der Waals surface area (Å²) in [6, 6.07) is 3.83. The number of nitrogens with one attached hydrogen (secondary N) is 1. The van der Waals surface area contributed by atoms with Gasteiger partial charge in [-0.2, -0.15) is 5.10 Å². The number of carbonyl (C=O) groups is 1. The number of nitrogens with zero attached hydrogens (tertiary/aromatic N) is 3. The average molecular weight is 270 g/mol. The molecule has 0 saturated heterocycles. The predicted molar refractivity (Wildman–Crippen MR) is 77.7 cm³/mol. The molecule has 1 N–H and O–H groups in total. The Morgan fingerprint density at radius 2 is 2.40 bits per heavy atom. The number of allylic oxidation sites excluding steroid dienone is 1. The van der Waals surface area contributed by atoms with E-state index in [1.54, 1.807) is 23.2 Å². The van der Waals surface area contributed by atoms with Crippen molar-refractivity contribution in [1.29, 1.82) is 0 Å². The Labute approximate surface area is 118 Å². The Bertz CT molecular complexity index is 603. The minimum absolute atomic E-state index is 0.0193. The number of carbonyl (C=O) groups excluding carboxylic acids is 1. The quantitative estimate of drug-likeness (QED) is 0.817. The molecular weight excluding hydrogens is 252 g/mol. The summed E-state index contributed by atoms with van der Waals surface area (Å²) in [5.74, 6) is 0.0193. The van der Waals surface area contributed by atoms with E-state index in [1.807, 2.05) is 25.4 Å². The predicted octanol–water partition coefficient (Wildman–Crippen LogP) is 2.06. The van der Waals surface area contributed by atoms with Crippen LogP contribution < -0.4 is 5.32 Å².